The highest BCUT2D eigenvalue weighted by Crippen LogP contribution is 2.24. The molecule has 0 amide bonds. The Morgan fingerprint density at radius 2 is 2.25 bits per heavy atom. The molecule has 2 heterocycles. The molecule has 0 aliphatic carbocycles. The first kappa shape index (κ1) is 13.4. The van der Waals surface area contributed by atoms with Crippen LogP contribution in [-0.4, -0.2) is 40.9 Å². The largest absolute Gasteiger partial charge is 0.337 e. The van der Waals surface area contributed by atoms with Gasteiger partial charge in [-0.05, 0) is 25.5 Å². The summed E-state index contributed by atoms with van der Waals surface area (Å²) in [4.78, 5) is 6.77. The molecule has 0 bridgehead atoms. The van der Waals surface area contributed by atoms with Crippen molar-refractivity contribution in [3.05, 3.63) is 28.8 Å². The molecule has 0 saturated carbocycles. The fourth-order valence-electron chi connectivity index (χ4n) is 2.38. The van der Waals surface area contributed by atoms with E-state index in [9.17, 15) is 0 Å². The van der Waals surface area contributed by atoms with E-state index >= 15 is 0 Å². The van der Waals surface area contributed by atoms with E-state index in [2.05, 4.69) is 32.3 Å². The van der Waals surface area contributed by atoms with Crippen LogP contribution >= 0.6 is 11.6 Å². The first-order valence-electron chi connectivity index (χ1n) is 6.81. The number of aryl methyl sites for hydroxylation is 1. The number of hydrogen-bond acceptors (Lipinski definition) is 4. The van der Waals surface area contributed by atoms with Gasteiger partial charge in [0, 0.05) is 36.3 Å². The molecule has 2 aromatic rings. The summed E-state index contributed by atoms with van der Waals surface area (Å²) < 4.78 is 0. The molecule has 2 N–H and O–H groups in total. The zero-order chi connectivity index (χ0) is 14.1. The summed E-state index contributed by atoms with van der Waals surface area (Å²) in [5.41, 5.74) is 2.02. The van der Waals surface area contributed by atoms with Crippen LogP contribution < -0.4 is 10.2 Å². The molecule has 1 saturated heterocycles. The van der Waals surface area contributed by atoms with Gasteiger partial charge in [-0.2, -0.15) is 4.98 Å². The van der Waals surface area contributed by atoms with Gasteiger partial charge in [-0.3, -0.25) is 5.10 Å². The number of aromatic amines is 1. The minimum atomic E-state index is 0.458. The van der Waals surface area contributed by atoms with Gasteiger partial charge in [-0.15, -0.1) is 5.10 Å². The number of anilines is 1. The fraction of sp³-hybridized carbons (Fsp3) is 0.429. The van der Waals surface area contributed by atoms with Crippen molar-refractivity contribution in [3.63, 3.8) is 0 Å². The summed E-state index contributed by atoms with van der Waals surface area (Å²) in [6.07, 6.45) is 0. The summed E-state index contributed by atoms with van der Waals surface area (Å²) in [5, 5.41) is 11.5. The molecule has 1 aliphatic heterocycles. The number of aromatic nitrogens is 3. The van der Waals surface area contributed by atoms with Gasteiger partial charge in [0.1, 0.15) is 0 Å². The Labute approximate surface area is 123 Å². The smallest absolute Gasteiger partial charge is 0.245 e. The van der Waals surface area contributed by atoms with Crippen LogP contribution in [0.1, 0.15) is 12.5 Å². The zero-order valence-electron chi connectivity index (χ0n) is 11.7. The second-order valence-corrected chi connectivity index (χ2v) is 5.66. The van der Waals surface area contributed by atoms with E-state index in [0.29, 0.717) is 6.04 Å². The van der Waals surface area contributed by atoms with Crippen molar-refractivity contribution in [2.45, 2.75) is 19.9 Å². The molecule has 1 aromatic carbocycles. The number of benzene rings is 1. The Kier molecular flexibility index (Phi) is 3.63. The van der Waals surface area contributed by atoms with Crippen molar-refractivity contribution in [1.82, 2.24) is 20.5 Å². The Bertz CT molecular complexity index is 609. The Balaban J connectivity index is 1.84. The second-order valence-electron chi connectivity index (χ2n) is 5.25. The molecule has 1 aromatic heterocycles. The maximum Gasteiger partial charge on any atom is 0.245 e. The molecule has 5 nitrogen and oxygen atoms in total. The van der Waals surface area contributed by atoms with E-state index in [1.165, 1.54) is 0 Å². The lowest BCUT2D eigenvalue weighted by atomic mass is 10.1. The van der Waals surface area contributed by atoms with E-state index in [4.69, 9.17) is 11.6 Å². The zero-order valence-corrected chi connectivity index (χ0v) is 12.4. The number of H-pyrrole nitrogens is 1. The maximum atomic E-state index is 6.16. The number of halogens is 1. The maximum absolute atomic E-state index is 6.16. The fourth-order valence-corrected chi connectivity index (χ4v) is 2.56. The van der Waals surface area contributed by atoms with Gasteiger partial charge in [0.25, 0.3) is 0 Å². The normalized spacial score (nSPS) is 19.4. The van der Waals surface area contributed by atoms with Crippen molar-refractivity contribution < 1.29 is 0 Å². The molecule has 0 spiro atoms. The molecule has 1 aliphatic rings. The van der Waals surface area contributed by atoms with Crippen LogP contribution in [-0.2, 0) is 0 Å². The highest BCUT2D eigenvalue weighted by Gasteiger charge is 2.19. The van der Waals surface area contributed by atoms with Crippen LogP contribution in [0.4, 0.5) is 5.95 Å². The monoisotopic (exact) mass is 291 g/mol. The average Bonchev–Trinajstić information content (AvgIpc) is 2.92. The molecule has 106 valence electrons. The molecule has 1 fully saturated rings. The summed E-state index contributed by atoms with van der Waals surface area (Å²) >= 11 is 6.16. The van der Waals surface area contributed by atoms with Gasteiger partial charge in [0.05, 0.1) is 0 Å². The Morgan fingerprint density at radius 1 is 1.40 bits per heavy atom. The summed E-state index contributed by atoms with van der Waals surface area (Å²) in [6.45, 7) is 6.96. The van der Waals surface area contributed by atoms with Gasteiger partial charge in [-0.1, -0.05) is 23.7 Å². The SMILES string of the molecule is Cc1ccc(-c2nc(N3CCN[C@@H](C)C3)n[nH]2)cc1Cl. The molecule has 1 atom stereocenters. The lowest BCUT2D eigenvalue weighted by molar-refractivity contribution is 0.480. The molecule has 0 radical (unpaired) electrons. The van der Waals surface area contributed by atoms with E-state index < -0.39 is 0 Å². The molecular formula is C14H18ClN5. The highest BCUT2D eigenvalue weighted by atomic mass is 35.5. The molecular weight excluding hydrogens is 274 g/mol. The minimum absolute atomic E-state index is 0.458. The van der Waals surface area contributed by atoms with Crippen molar-refractivity contribution >= 4 is 17.5 Å². The number of nitrogens with zero attached hydrogens (tertiary/aromatic N) is 3. The van der Waals surface area contributed by atoms with Gasteiger partial charge < -0.3 is 10.2 Å². The van der Waals surface area contributed by atoms with Crippen LogP contribution in [0.25, 0.3) is 11.4 Å². The third-order valence-corrected chi connectivity index (χ3v) is 3.98. The van der Waals surface area contributed by atoms with Crippen LogP contribution in [0.15, 0.2) is 18.2 Å². The first-order valence-corrected chi connectivity index (χ1v) is 7.18. The predicted molar refractivity (Wildman–Crippen MR) is 81.2 cm³/mol. The van der Waals surface area contributed by atoms with Crippen molar-refractivity contribution in [3.8, 4) is 11.4 Å². The first-order chi connectivity index (χ1) is 9.63. The van der Waals surface area contributed by atoms with E-state index in [1.54, 1.807) is 0 Å². The lowest BCUT2D eigenvalue weighted by Crippen LogP contribution is -2.49. The van der Waals surface area contributed by atoms with Crippen LogP contribution in [0.5, 0.6) is 0 Å². The highest BCUT2D eigenvalue weighted by molar-refractivity contribution is 6.31. The number of rotatable bonds is 2. The molecule has 20 heavy (non-hydrogen) atoms. The van der Waals surface area contributed by atoms with Crippen molar-refractivity contribution in [2.75, 3.05) is 24.5 Å². The third kappa shape index (κ3) is 2.64. The quantitative estimate of drug-likeness (QED) is 0.891. The minimum Gasteiger partial charge on any atom is -0.337 e. The standard InChI is InChI=1S/C14H18ClN5/c1-9-3-4-11(7-12(9)15)13-17-14(19-18-13)20-6-5-16-10(2)8-20/h3-4,7,10,16H,5-6,8H2,1-2H3,(H,17,18,19)/t10-/m0/s1. The molecule has 6 heteroatoms. The number of piperazine rings is 1. The van der Waals surface area contributed by atoms with Gasteiger partial charge in [-0.25, -0.2) is 0 Å². The Morgan fingerprint density at radius 3 is 3.00 bits per heavy atom. The average molecular weight is 292 g/mol. The van der Waals surface area contributed by atoms with Crippen LogP contribution in [0.3, 0.4) is 0 Å². The van der Waals surface area contributed by atoms with Gasteiger partial charge in [0.2, 0.25) is 5.95 Å². The topological polar surface area (TPSA) is 56.8 Å². The van der Waals surface area contributed by atoms with Crippen LogP contribution in [0.2, 0.25) is 5.02 Å². The summed E-state index contributed by atoms with van der Waals surface area (Å²) in [6, 6.07) is 6.37. The van der Waals surface area contributed by atoms with E-state index in [0.717, 1.165) is 47.6 Å². The van der Waals surface area contributed by atoms with Crippen molar-refractivity contribution in [2.24, 2.45) is 0 Å². The summed E-state index contributed by atoms with van der Waals surface area (Å²) in [7, 11) is 0. The van der Waals surface area contributed by atoms with Gasteiger partial charge >= 0.3 is 0 Å². The number of nitrogens with one attached hydrogen (secondary N) is 2. The van der Waals surface area contributed by atoms with Gasteiger partial charge in [0.15, 0.2) is 5.82 Å². The molecule has 3 rings (SSSR count). The van der Waals surface area contributed by atoms with Crippen LogP contribution in [0, 0.1) is 6.92 Å². The predicted octanol–water partition coefficient (Wildman–Crippen LogP) is 2.23. The third-order valence-electron chi connectivity index (χ3n) is 3.57. The lowest BCUT2D eigenvalue weighted by Gasteiger charge is -2.30. The molecule has 0 unspecified atom stereocenters. The Hall–Kier alpha value is -1.59. The van der Waals surface area contributed by atoms with Crippen molar-refractivity contribution in [1.29, 1.82) is 0 Å². The second kappa shape index (κ2) is 5.42. The van der Waals surface area contributed by atoms with E-state index in [-0.39, 0.29) is 0 Å². The van der Waals surface area contributed by atoms with E-state index in [1.807, 2.05) is 25.1 Å². The summed E-state index contributed by atoms with van der Waals surface area (Å²) in [5.74, 6) is 1.51. The number of hydrogen-bond donors (Lipinski definition) is 2.